The molecule has 1 aromatic carbocycles. The molecule has 2 atom stereocenters. The van der Waals surface area contributed by atoms with E-state index in [1.54, 1.807) is 36.5 Å². The molecule has 0 spiro atoms. The zero-order valence-corrected chi connectivity index (χ0v) is 22.9. The smallest absolute Gasteiger partial charge is 0.226 e. The molecule has 0 bridgehead atoms. The minimum Gasteiger partial charge on any atom is -0.493 e. The number of aromatic nitrogens is 2. The zero-order chi connectivity index (χ0) is 26.5. The Morgan fingerprint density at radius 3 is 2.63 bits per heavy atom. The van der Waals surface area contributed by atoms with Crippen LogP contribution in [0.4, 0.5) is 10.3 Å². The molecule has 9 heteroatoms. The number of hydrogen-bond donors (Lipinski definition) is 0. The Balaban J connectivity index is 1.00. The van der Waals surface area contributed by atoms with E-state index in [1.165, 1.54) is 12.5 Å². The number of ether oxygens (including phenoxy) is 2. The fourth-order valence-corrected chi connectivity index (χ4v) is 6.08. The van der Waals surface area contributed by atoms with E-state index in [0.29, 0.717) is 41.3 Å². The predicted molar refractivity (Wildman–Crippen MR) is 145 cm³/mol. The second kappa shape index (κ2) is 12.6. The molecule has 38 heavy (non-hydrogen) atoms. The SMILES string of the molecule is CN(CC1CCOCC1)C(=O)Cc1ccc(OCC[C@@H]2CC2C2CCN(c3ncc(Cl)cn3)CC2)cc1F. The van der Waals surface area contributed by atoms with Crippen LogP contribution < -0.4 is 9.64 Å². The molecule has 0 N–H and O–H groups in total. The van der Waals surface area contributed by atoms with Crippen molar-refractivity contribution in [2.75, 3.05) is 51.4 Å². The van der Waals surface area contributed by atoms with Crippen LogP contribution in [0.25, 0.3) is 0 Å². The second-order valence-electron chi connectivity index (χ2n) is 11.1. The van der Waals surface area contributed by atoms with E-state index in [4.69, 9.17) is 21.1 Å². The number of amides is 1. The Bertz CT molecular complexity index is 1070. The van der Waals surface area contributed by atoms with Crippen LogP contribution in [0.5, 0.6) is 5.75 Å². The van der Waals surface area contributed by atoms with Gasteiger partial charge in [0.2, 0.25) is 11.9 Å². The molecular weight excluding hydrogens is 507 g/mol. The van der Waals surface area contributed by atoms with E-state index in [1.807, 2.05) is 0 Å². The number of halogens is 2. The van der Waals surface area contributed by atoms with E-state index in [2.05, 4.69) is 14.9 Å². The lowest BCUT2D eigenvalue weighted by Crippen LogP contribution is -2.35. The summed E-state index contributed by atoms with van der Waals surface area (Å²) in [6.07, 6.45) is 9.87. The monoisotopic (exact) mass is 544 g/mol. The van der Waals surface area contributed by atoms with E-state index in [9.17, 15) is 9.18 Å². The van der Waals surface area contributed by atoms with Crippen LogP contribution in [0.3, 0.4) is 0 Å². The summed E-state index contributed by atoms with van der Waals surface area (Å²) in [5, 5.41) is 0.560. The summed E-state index contributed by atoms with van der Waals surface area (Å²) in [4.78, 5) is 25.3. The van der Waals surface area contributed by atoms with Crippen molar-refractivity contribution in [1.82, 2.24) is 14.9 Å². The summed E-state index contributed by atoms with van der Waals surface area (Å²) in [7, 11) is 1.80. The Kier molecular flexibility index (Phi) is 9.00. The van der Waals surface area contributed by atoms with Gasteiger partial charge in [-0.25, -0.2) is 14.4 Å². The topological polar surface area (TPSA) is 67.8 Å². The third-order valence-electron chi connectivity index (χ3n) is 8.43. The van der Waals surface area contributed by atoms with Crippen molar-refractivity contribution in [2.24, 2.45) is 23.7 Å². The molecule has 7 nitrogen and oxygen atoms in total. The molecule has 1 aliphatic carbocycles. The second-order valence-corrected chi connectivity index (χ2v) is 11.5. The molecule has 5 rings (SSSR count). The van der Waals surface area contributed by atoms with Gasteiger partial charge in [-0.05, 0) is 73.8 Å². The molecule has 3 heterocycles. The maximum atomic E-state index is 14.7. The van der Waals surface area contributed by atoms with Crippen LogP contribution in [0.2, 0.25) is 5.02 Å². The summed E-state index contributed by atoms with van der Waals surface area (Å²) in [5.41, 5.74) is 0.416. The molecule has 1 aromatic heterocycles. The van der Waals surface area contributed by atoms with E-state index < -0.39 is 0 Å². The van der Waals surface area contributed by atoms with Gasteiger partial charge in [-0.2, -0.15) is 0 Å². The largest absolute Gasteiger partial charge is 0.493 e. The Hall–Kier alpha value is -2.45. The molecule has 1 amide bonds. The molecule has 1 unspecified atom stereocenters. The normalized spacial score (nSPS) is 22.3. The predicted octanol–water partition coefficient (Wildman–Crippen LogP) is 5.02. The van der Waals surface area contributed by atoms with Gasteiger partial charge in [0.25, 0.3) is 0 Å². The lowest BCUT2D eigenvalue weighted by Gasteiger charge is -2.32. The highest BCUT2D eigenvalue weighted by Gasteiger charge is 2.43. The minimum absolute atomic E-state index is 0.0599. The quantitative estimate of drug-likeness (QED) is 0.418. The number of nitrogens with zero attached hydrogens (tertiary/aromatic N) is 4. The van der Waals surface area contributed by atoms with Gasteiger partial charge in [-0.3, -0.25) is 4.79 Å². The maximum absolute atomic E-state index is 14.7. The van der Waals surface area contributed by atoms with Gasteiger partial charge < -0.3 is 19.3 Å². The highest BCUT2D eigenvalue weighted by molar-refractivity contribution is 6.30. The number of carbonyl (C=O) groups is 1. The zero-order valence-electron chi connectivity index (χ0n) is 22.2. The number of anilines is 1. The molecule has 1 saturated carbocycles. The highest BCUT2D eigenvalue weighted by atomic mass is 35.5. The summed E-state index contributed by atoms with van der Waals surface area (Å²) in [6, 6.07) is 4.88. The summed E-state index contributed by atoms with van der Waals surface area (Å²) in [6.45, 7) is 4.75. The van der Waals surface area contributed by atoms with E-state index in [0.717, 1.165) is 76.2 Å². The first-order chi connectivity index (χ1) is 18.5. The summed E-state index contributed by atoms with van der Waals surface area (Å²) < 4.78 is 26.0. The summed E-state index contributed by atoms with van der Waals surface area (Å²) in [5.74, 6) is 3.50. The average molecular weight is 545 g/mol. The molecule has 3 fully saturated rings. The highest BCUT2D eigenvalue weighted by Crippen LogP contribution is 2.49. The number of likely N-dealkylation sites (N-methyl/N-ethyl adjacent to an activating group) is 1. The van der Waals surface area contributed by atoms with Crippen molar-refractivity contribution in [1.29, 1.82) is 0 Å². The molecule has 3 aliphatic rings. The molecule has 2 saturated heterocycles. The van der Waals surface area contributed by atoms with Gasteiger partial charge in [0.05, 0.1) is 30.4 Å². The van der Waals surface area contributed by atoms with Crippen molar-refractivity contribution in [3.05, 3.63) is 47.0 Å². The Morgan fingerprint density at radius 1 is 1.18 bits per heavy atom. The lowest BCUT2D eigenvalue weighted by atomic mass is 9.90. The van der Waals surface area contributed by atoms with E-state index in [-0.39, 0.29) is 18.1 Å². The first-order valence-electron chi connectivity index (χ1n) is 13.9. The number of piperidine rings is 1. The van der Waals surface area contributed by atoms with Crippen LogP contribution in [0.15, 0.2) is 30.6 Å². The van der Waals surface area contributed by atoms with Gasteiger partial charge >= 0.3 is 0 Å². The summed E-state index contributed by atoms with van der Waals surface area (Å²) >= 11 is 5.90. The van der Waals surface area contributed by atoms with Crippen LogP contribution in [0.1, 0.15) is 44.1 Å². The molecule has 2 aliphatic heterocycles. The first-order valence-corrected chi connectivity index (χ1v) is 14.3. The standard InChI is InChI=1S/C29H38ClFN4O3/c1-34(19-20-6-11-37-12-7-20)28(36)15-23-2-3-25(16-27(23)31)38-13-8-22-14-26(22)21-4-9-35(10-5-21)29-32-17-24(30)18-33-29/h2-3,16-18,20-22,26H,4-15,19H2,1H3/t22-,26?/m1/s1. The van der Waals surface area contributed by atoms with Crippen molar-refractivity contribution in [3.63, 3.8) is 0 Å². The van der Waals surface area contributed by atoms with Gasteiger partial charge in [0, 0.05) is 46.0 Å². The molecular formula is C29H38ClFN4O3. The van der Waals surface area contributed by atoms with Crippen LogP contribution in [0, 0.1) is 29.5 Å². The van der Waals surface area contributed by atoms with Gasteiger partial charge in [-0.15, -0.1) is 0 Å². The third-order valence-corrected chi connectivity index (χ3v) is 8.63. The molecule has 2 aromatic rings. The van der Waals surface area contributed by atoms with Gasteiger partial charge in [-0.1, -0.05) is 17.7 Å². The molecule has 0 radical (unpaired) electrons. The molecule has 206 valence electrons. The van der Waals surface area contributed by atoms with Crippen LogP contribution >= 0.6 is 11.6 Å². The fraction of sp³-hybridized carbons (Fsp3) is 0.621. The number of benzene rings is 1. The first kappa shape index (κ1) is 27.1. The third kappa shape index (κ3) is 7.14. The minimum atomic E-state index is -0.379. The number of carbonyl (C=O) groups excluding carboxylic acids is 1. The number of hydrogen-bond acceptors (Lipinski definition) is 6. The number of rotatable bonds is 10. The van der Waals surface area contributed by atoms with E-state index >= 15 is 0 Å². The van der Waals surface area contributed by atoms with Gasteiger partial charge in [0.15, 0.2) is 0 Å². The van der Waals surface area contributed by atoms with Crippen molar-refractivity contribution < 1.29 is 18.7 Å². The maximum Gasteiger partial charge on any atom is 0.226 e. The van der Waals surface area contributed by atoms with Crippen LogP contribution in [-0.2, 0) is 16.0 Å². The lowest BCUT2D eigenvalue weighted by molar-refractivity contribution is -0.130. The average Bonchev–Trinajstić information content (AvgIpc) is 3.71. The van der Waals surface area contributed by atoms with Crippen molar-refractivity contribution in [2.45, 2.75) is 44.9 Å². The fourth-order valence-electron chi connectivity index (χ4n) is 5.98. The Morgan fingerprint density at radius 2 is 1.92 bits per heavy atom. The van der Waals surface area contributed by atoms with Crippen LogP contribution in [-0.4, -0.2) is 67.3 Å². The van der Waals surface area contributed by atoms with Crippen molar-refractivity contribution >= 4 is 23.5 Å². The van der Waals surface area contributed by atoms with Crippen molar-refractivity contribution in [3.8, 4) is 5.75 Å². The van der Waals surface area contributed by atoms with Gasteiger partial charge in [0.1, 0.15) is 11.6 Å². The Labute approximate surface area is 229 Å².